The summed E-state index contributed by atoms with van der Waals surface area (Å²) in [4.78, 5) is 11.0. The van der Waals surface area contributed by atoms with E-state index in [1.807, 2.05) is 13.0 Å². The molecule has 1 rings (SSSR count). The molecule has 1 aliphatic carbocycles. The van der Waals surface area contributed by atoms with Gasteiger partial charge in [0.1, 0.15) is 11.9 Å². The molecule has 3 heteroatoms. The minimum atomic E-state index is -0.231. The predicted octanol–water partition coefficient (Wildman–Crippen LogP) is 4.95. The first-order chi connectivity index (χ1) is 9.36. The van der Waals surface area contributed by atoms with Crippen molar-refractivity contribution in [1.29, 1.82) is 0 Å². The number of carbonyl (C=O) groups excluding carboxylic acids is 1. The molecule has 2 nitrogen and oxygen atoms in total. The van der Waals surface area contributed by atoms with Gasteiger partial charge in [0.25, 0.3) is 0 Å². The molecule has 0 saturated carbocycles. The van der Waals surface area contributed by atoms with E-state index in [-0.39, 0.29) is 16.7 Å². The van der Waals surface area contributed by atoms with E-state index in [0.29, 0.717) is 6.61 Å². The van der Waals surface area contributed by atoms with Crippen LogP contribution in [0.25, 0.3) is 0 Å². The molecule has 0 saturated heterocycles. The van der Waals surface area contributed by atoms with Crippen molar-refractivity contribution in [2.75, 3.05) is 11.9 Å². The highest BCUT2D eigenvalue weighted by Gasteiger charge is 2.26. The van der Waals surface area contributed by atoms with Crippen LogP contribution >= 0.6 is 15.9 Å². The summed E-state index contributed by atoms with van der Waals surface area (Å²) >= 11 is 3.07. The second-order valence-electron chi connectivity index (χ2n) is 6.03. The van der Waals surface area contributed by atoms with Gasteiger partial charge < -0.3 is 4.74 Å². The fourth-order valence-electron chi connectivity index (χ4n) is 2.60. The van der Waals surface area contributed by atoms with Gasteiger partial charge >= 0.3 is 5.97 Å². The molecule has 20 heavy (non-hydrogen) atoms. The van der Waals surface area contributed by atoms with Crippen LogP contribution < -0.4 is 0 Å². The smallest absolute Gasteiger partial charge is 0.316 e. The molecule has 0 atom stereocenters. The summed E-state index contributed by atoms with van der Waals surface area (Å²) in [7, 11) is 0. The van der Waals surface area contributed by atoms with Crippen LogP contribution in [0, 0.1) is 5.41 Å². The van der Waals surface area contributed by atoms with E-state index < -0.39 is 0 Å². The topological polar surface area (TPSA) is 26.3 Å². The monoisotopic (exact) mass is 340 g/mol. The van der Waals surface area contributed by atoms with E-state index in [1.165, 1.54) is 30.4 Å². The van der Waals surface area contributed by atoms with E-state index in [0.717, 1.165) is 5.57 Å². The van der Waals surface area contributed by atoms with Crippen LogP contribution in [0.5, 0.6) is 0 Å². The number of halogens is 1. The molecule has 0 aliphatic heterocycles. The van der Waals surface area contributed by atoms with Gasteiger partial charge in [-0.05, 0) is 50.2 Å². The van der Waals surface area contributed by atoms with Crippen molar-refractivity contribution in [3.63, 3.8) is 0 Å². The molecule has 0 spiro atoms. The maximum absolute atomic E-state index is 11.0. The third kappa shape index (κ3) is 5.28. The van der Waals surface area contributed by atoms with Gasteiger partial charge in [0.2, 0.25) is 0 Å². The summed E-state index contributed by atoms with van der Waals surface area (Å²) in [6, 6.07) is 0. The SMILES string of the molecule is CC1=C(/C=C/C(C)=C/COC(=O)CBr)C(C)(C)CCC1. The molecule has 1 aliphatic rings. The first-order valence-corrected chi connectivity index (χ1v) is 8.25. The molecular formula is C17H25BrO2. The summed E-state index contributed by atoms with van der Waals surface area (Å²) in [5.41, 5.74) is 4.33. The van der Waals surface area contributed by atoms with Gasteiger partial charge in [-0.15, -0.1) is 0 Å². The highest BCUT2D eigenvalue weighted by molar-refractivity contribution is 9.09. The fraction of sp³-hybridized carbons (Fsp3) is 0.588. The molecule has 0 heterocycles. The zero-order valence-corrected chi connectivity index (χ0v) is 14.5. The van der Waals surface area contributed by atoms with Crippen LogP contribution in [-0.2, 0) is 9.53 Å². The normalized spacial score (nSPS) is 19.6. The Hall–Kier alpha value is -0.830. The van der Waals surface area contributed by atoms with Crippen molar-refractivity contribution in [2.24, 2.45) is 5.41 Å². The minimum absolute atomic E-state index is 0.231. The third-order valence-corrected chi connectivity index (χ3v) is 4.27. The largest absolute Gasteiger partial charge is 0.461 e. The number of allylic oxidation sites excluding steroid dienone is 5. The lowest BCUT2D eigenvalue weighted by atomic mass is 9.72. The average molecular weight is 341 g/mol. The molecule has 0 aromatic carbocycles. The maximum Gasteiger partial charge on any atom is 0.316 e. The first-order valence-electron chi connectivity index (χ1n) is 7.13. The number of ether oxygens (including phenoxy) is 1. The van der Waals surface area contributed by atoms with Crippen LogP contribution in [0.3, 0.4) is 0 Å². The number of esters is 1. The summed E-state index contributed by atoms with van der Waals surface area (Å²) < 4.78 is 5.01. The molecular weight excluding hydrogens is 316 g/mol. The van der Waals surface area contributed by atoms with Crippen molar-refractivity contribution in [3.05, 3.63) is 34.9 Å². The second kappa shape index (κ2) is 7.82. The van der Waals surface area contributed by atoms with E-state index in [2.05, 4.69) is 48.9 Å². The third-order valence-electron chi connectivity index (χ3n) is 3.81. The molecule has 0 bridgehead atoms. The molecule has 0 aromatic rings. The standard InChI is InChI=1S/C17H25BrO2/c1-13(9-11-20-16(19)12-18)7-8-15-14(2)6-5-10-17(15,3)4/h7-9H,5-6,10-12H2,1-4H3/b8-7+,13-9+. The maximum atomic E-state index is 11.0. The summed E-state index contributed by atoms with van der Waals surface area (Å²) in [5, 5.41) is 0.246. The van der Waals surface area contributed by atoms with E-state index in [9.17, 15) is 4.79 Å². The second-order valence-corrected chi connectivity index (χ2v) is 6.59. The predicted molar refractivity (Wildman–Crippen MR) is 88.0 cm³/mol. The Kier molecular flexibility index (Phi) is 6.74. The number of hydrogen-bond acceptors (Lipinski definition) is 2. The molecule has 0 unspecified atom stereocenters. The quantitative estimate of drug-likeness (QED) is 0.402. The van der Waals surface area contributed by atoms with Gasteiger partial charge in [0.15, 0.2) is 0 Å². The molecule has 112 valence electrons. The molecule has 0 N–H and O–H groups in total. The van der Waals surface area contributed by atoms with E-state index in [1.54, 1.807) is 0 Å². The number of carbonyl (C=O) groups is 1. The first kappa shape index (κ1) is 17.2. The Labute approximate surface area is 131 Å². The average Bonchev–Trinajstić information content (AvgIpc) is 2.37. The van der Waals surface area contributed by atoms with Crippen LogP contribution in [0.1, 0.15) is 47.0 Å². The molecule has 0 fully saturated rings. The van der Waals surface area contributed by atoms with Gasteiger partial charge in [-0.1, -0.05) is 53.1 Å². The van der Waals surface area contributed by atoms with Crippen LogP contribution in [0.4, 0.5) is 0 Å². The molecule has 0 amide bonds. The van der Waals surface area contributed by atoms with E-state index >= 15 is 0 Å². The highest BCUT2D eigenvalue weighted by atomic mass is 79.9. The number of alkyl halides is 1. The van der Waals surface area contributed by atoms with Crippen LogP contribution in [0.15, 0.2) is 34.9 Å². The van der Waals surface area contributed by atoms with Crippen molar-refractivity contribution >= 4 is 21.9 Å². The summed E-state index contributed by atoms with van der Waals surface area (Å²) in [6.45, 7) is 9.22. The number of hydrogen-bond donors (Lipinski definition) is 0. The summed E-state index contributed by atoms with van der Waals surface area (Å²) in [6.07, 6.45) is 10.0. The van der Waals surface area contributed by atoms with Crippen molar-refractivity contribution in [1.82, 2.24) is 0 Å². The van der Waals surface area contributed by atoms with Crippen LogP contribution in [-0.4, -0.2) is 17.9 Å². The van der Waals surface area contributed by atoms with Gasteiger partial charge in [0.05, 0.1) is 0 Å². The van der Waals surface area contributed by atoms with Gasteiger partial charge in [-0.2, -0.15) is 0 Å². The van der Waals surface area contributed by atoms with Gasteiger partial charge in [-0.25, -0.2) is 0 Å². The number of rotatable bonds is 5. The fourth-order valence-corrected chi connectivity index (χ4v) is 2.76. The molecule has 0 radical (unpaired) electrons. The Morgan fingerprint density at radius 2 is 2.15 bits per heavy atom. The molecule has 0 aromatic heterocycles. The van der Waals surface area contributed by atoms with Crippen LogP contribution in [0.2, 0.25) is 0 Å². The highest BCUT2D eigenvalue weighted by Crippen LogP contribution is 2.40. The Morgan fingerprint density at radius 1 is 1.45 bits per heavy atom. The van der Waals surface area contributed by atoms with E-state index in [4.69, 9.17) is 4.74 Å². The van der Waals surface area contributed by atoms with Crippen molar-refractivity contribution in [2.45, 2.75) is 47.0 Å². The lowest BCUT2D eigenvalue weighted by Crippen LogP contribution is -2.19. The summed E-state index contributed by atoms with van der Waals surface area (Å²) in [5.74, 6) is -0.231. The Balaban J connectivity index is 2.66. The van der Waals surface area contributed by atoms with Crippen molar-refractivity contribution in [3.8, 4) is 0 Å². The zero-order chi connectivity index (χ0) is 15.2. The van der Waals surface area contributed by atoms with Crippen molar-refractivity contribution < 1.29 is 9.53 Å². The lowest BCUT2D eigenvalue weighted by Gasteiger charge is -2.32. The Morgan fingerprint density at radius 3 is 2.75 bits per heavy atom. The van der Waals surface area contributed by atoms with Gasteiger partial charge in [-0.3, -0.25) is 4.79 Å². The minimum Gasteiger partial charge on any atom is -0.461 e. The lowest BCUT2D eigenvalue weighted by molar-refractivity contribution is -0.139. The van der Waals surface area contributed by atoms with Gasteiger partial charge in [0, 0.05) is 0 Å². The Bertz CT molecular complexity index is 442. The zero-order valence-electron chi connectivity index (χ0n) is 13.0.